The molecule has 0 aromatic heterocycles. The third kappa shape index (κ3) is 3.70. The van der Waals surface area contributed by atoms with Crippen LogP contribution in [-0.4, -0.2) is 12.5 Å². The zero-order valence-corrected chi connectivity index (χ0v) is 14.5. The minimum atomic E-state index is -0.266. The number of amides is 1. The van der Waals surface area contributed by atoms with Gasteiger partial charge in [0.05, 0.1) is 0 Å². The number of hydrogen-bond acceptors (Lipinski definition) is 2. The summed E-state index contributed by atoms with van der Waals surface area (Å²) in [6.07, 6.45) is 2.18. The molecule has 2 aromatic carbocycles. The fourth-order valence-corrected chi connectivity index (χ4v) is 3.21. The summed E-state index contributed by atoms with van der Waals surface area (Å²) < 4.78 is 13.4. The van der Waals surface area contributed by atoms with E-state index in [2.05, 4.69) is 0 Å². The summed E-state index contributed by atoms with van der Waals surface area (Å²) >= 11 is 0. The Morgan fingerprint density at radius 3 is 2.79 bits per heavy atom. The quantitative estimate of drug-likeness (QED) is 0.840. The molecule has 3 rings (SSSR count). The lowest BCUT2D eigenvalue weighted by molar-refractivity contribution is -0.119. The molecule has 0 bridgehead atoms. The van der Waals surface area contributed by atoms with Crippen molar-refractivity contribution in [1.82, 2.24) is 0 Å². The summed E-state index contributed by atoms with van der Waals surface area (Å²) in [5, 5.41) is 0. The van der Waals surface area contributed by atoms with E-state index >= 15 is 0 Å². The van der Waals surface area contributed by atoms with Crippen molar-refractivity contribution in [1.29, 1.82) is 0 Å². The predicted octanol–water partition coefficient (Wildman–Crippen LogP) is 4.30. The minimum Gasteiger partial charge on any atom is -0.398 e. The molecule has 5 heteroatoms. The van der Waals surface area contributed by atoms with E-state index in [0.717, 1.165) is 35.3 Å². The Kier molecular flexibility index (Phi) is 5.84. The van der Waals surface area contributed by atoms with Crippen molar-refractivity contribution in [3.8, 4) is 0 Å². The van der Waals surface area contributed by atoms with Crippen LogP contribution in [-0.2, 0) is 11.2 Å². The van der Waals surface area contributed by atoms with E-state index < -0.39 is 0 Å². The van der Waals surface area contributed by atoms with Gasteiger partial charge in [-0.3, -0.25) is 4.79 Å². The molecule has 0 spiro atoms. The molecule has 2 N–H and O–H groups in total. The van der Waals surface area contributed by atoms with Crippen molar-refractivity contribution in [2.45, 2.75) is 32.1 Å². The smallest absolute Gasteiger partial charge is 0.227 e. The molecule has 1 aliphatic rings. The van der Waals surface area contributed by atoms with Gasteiger partial charge in [-0.05, 0) is 54.2 Å². The molecule has 1 aliphatic heterocycles. The molecule has 1 atom stereocenters. The highest BCUT2D eigenvalue weighted by Gasteiger charge is 2.25. The fourth-order valence-electron chi connectivity index (χ4n) is 3.21. The average molecular weight is 349 g/mol. The molecular weight excluding hydrogens is 327 g/mol. The molecule has 3 nitrogen and oxygen atoms in total. The number of nitrogens with two attached hydrogens (primary N) is 1. The van der Waals surface area contributed by atoms with Crippen LogP contribution in [0.4, 0.5) is 15.8 Å². The maximum Gasteiger partial charge on any atom is 0.227 e. The Morgan fingerprint density at radius 2 is 2.04 bits per heavy atom. The number of rotatable bonds is 3. The second-order valence-electron chi connectivity index (χ2n) is 6.15. The summed E-state index contributed by atoms with van der Waals surface area (Å²) in [5.41, 5.74) is 9.62. The predicted molar refractivity (Wildman–Crippen MR) is 98.2 cm³/mol. The summed E-state index contributed by atoms with van der Waals surface area (Å²) in [7, 11) is 0. The molecule has 128 valence electrons. The number of nitrogen functional groups attached to an aromatic ring is 1. The molecule has 2 aromatic rings. The van der Waals surface area contributed by atoms with Gasteiger partial charge < -0.3 is 10.6 Å². The van der Waals surface area contributed by atoms with Crippen LogP contribution in [0.3, 0.4) is 0 Å². The first-order valence-corrected chi connectivity index (χ1v) is 7.99. The van der Waals surface area contributed by atoms with Crippen LogP contribution in [0, 0.1) is 5.82 Å². The van der Waals surface area contributed by atoms with Gasteiger partial charge in [-0.1, -0.05) is 25.1 Å². The fraction of sp³-hybridized carbons (Fsp3) is 0.316. The van der Waals surface area contributed by atoms with Crippen molar-refractivity contribution in [2.24, 2.45) is 0 Å². The highest BCUT2D eigenvalue weighted by molar-refractivity contribution is 5.95. The highest BCUT2D eigenvalue weighted by Crippen LogP contribution is 2.32. The maximum absolute atomic E-state index is 13.4. The third-order valence-corrected chi connectivity index (χ3v) is 4.49. The zero-order valence-electron chi connectivity index (χ0n) is 13.7. The van der Waals surface area contributed by atoms with Gasteiger partial charge in [0.2, 0.25) is 5.91 Å². The second-order valence-corrected chi connectivity index (χ2v) is 6.15. The van der Waals surface area contributed by atoms with Crippen molar-refractivity contribution in [2.75, 3.05) is 17.2 Å². The van der Waals surface area contributed by atoms with Gasteiger partial charge in [-0.15, -0.1) is 12.4 Å². The Bertz CT molecular complexity index is 735. The molecule has 1 unspecified atom stereocenters. The number of fused-ring (bicyclic) bond motifs is 1. The SMILES string of the molecule is CC(CC(=O)N1CCCc2c(N)cccc21)c1cccc(F)c1.Cl. The molecular formula is C19H22ClFN2O. The maximum atomic E-state index is 13.4. The number of carbonyl (C=O) groups is 1. The molecule has 0 radical (unpaired) electrons. The van der Waals surface area contributed by atoms with E-state index in [1.54, 1.807) is 6.07 Å². The molecule has 0 saturated heterocycles. The minimum absolute atomic E-state index is 0. The monoisotopic (exact) mass is 348 g/mol. The topological polar surface area (TPSA) is 46.3 Å². The Morgan fingerprint density at radius 1 is 1.29 bits per heavy atom. The summed E-state index contributed by atoms with van der Waals surface area (Å²) in [6.45, 7) is 2.67. The highest BCUT2D eigenvalue weighted by atomic mass is 35.5. The van der Waals surface area contributed by atoms with Crippen LogP contribution in [0.25, 0.3) is 0 Å². The van der Waals surface area contributed by atoms with Gasteiger partial charge >= 0.3 is 0 Å². The lowest BCUT2D eigenvalue weighted by Crippen LogP contribution is -2.36. The number of hydrogen-bond donors (Lipinski definition) is 1. The van der Waals surface area contributed by atoms with E-state index in [1.165, 1.54) is 12.1 Å². The van der Waals surface area contributed by atoms with Gasteiger partial charge in [-0.25, -0.2) is 4.39 Å². The third-order valence-electron chi connectivity index (χ3n) is 4.49. The Labute approximate surface area is 148 Å². The van der Waals surface area contributed by atoms with Crippen LogP contribution < -0.4 is 10.6 Å². The lowest BCUT2D eigenvalue weighted by Gasteiger charge is -2.31. The first kappa shape index (κ1) is 18.3. The summed E-state index contributed by atoms with van der Waals surface area (Å²) in [4.78, 5) is 14.6. The first-order chi connectivity index (χ1) is 11.1. The van der Waals surface area contributed by atoms with Gasteiger partial charge in [0.1, 0.15) is 5.82 Å². The van der Waals surface area contributed by atoms with Gasteiger partial charge in [-0.2, -0.15) is 0 Å². The van der Waals surface area contributed by atoms with Crippen molar-refractivity contribution >= 4 is 29.7 Å². The Balaban J connectivity index is 0.00000208. The Hall–Kier alpha value is -2.07. The average Bonchev–Trinajstić information content (AvgIpc) is 2.54. The first-order valence-electron chi connectivity index (χ1n) is 7.99. The summed E-state index contributed by atoms with van der Waals surface area (Å²) in [5.74, 6) is -0.226. The van der Waals surface area contributed by atoms with Crippen LogP contribution in [0.5, 0.6) is 0 Å². The van der Waals surface area contributed by atoms with E-state index in [1.807, 2.05) is 36.1 Å². The number of carbonyl (C=O) groups excluding carboxylic acids is 1. The van der Waals surface area contributed by atoms with Crippen molar-refractivity contribution in [3.05, 3.63) is 59.4 Å². The van der Waals surface area contributed by atoms with Gasteiger partial charge in [0.15, 0.2) is 0 Å². The molecule has 1 heterocycles. The van der Waals surface area contributed by atoms with E-state index in [4.69, 9.17) is 5.73 Å². The van der Waals surface area contributed by atoms with Crippen LogP contribution in [0.2, 0.25) is 0 Å². The summed E-state index contributed by atoms with van der Waals surface area (Å²) in [6, 6.07) is 12.2. The molecule has 0 fully saturated rings. The molecule has 0 saturated carbocycles. The van der Waals surface area contributed by atoms with Crippen LogP contribution in [0.15, 0.2) is 42.5 Å². The van der Waals surface area contributed by atoms with E-state index in [0.29, 0.717) is 13.0 Å². The van der Waals surface area contributed by atoms with E-state index in [9.17, 15) is 9.18 Å². The van der Waals surface area contributed by atoms with Crippen LogP contribution >= 0.6 is 12.4 Å². The van der Waals surface area contributed by atoms with Crippen molar-refractivity contribution in [3.63, 3.8) is 0 Å². The van der Waals surface area contributed by atoms with Gasteiger partial charge in [0, 0.05) is 24.3 Å². The normalized spacial score (nSPS) is 14.5. The second kappa shape index (κ2) is 7.67. The van der Waals surface area contributed by atoms with Gasteiger partial charge in [0.25, 0.3) is 0 Å². The molecule has 1 amide bonds. The number of benzene rings is 2. The number of anilines is 2. The number of halogens is 2. The van der Waals surface area contributed by atoms with Crippen molar-refractivity contribution < 1.29 is 9.18 Å². The van der Waals surface area contributed by atoms with Crippen LogP contribution in [0.1, 0.15) is 36.8 Å². The standard InChI is InChI=1S/C19H21FN2O.ClH/c1-13(14-5-2-6-15(20)12-14)11-19(23)22-10-4-7-16-17(21)8-3-9-18(16)22;/h2-3,5-6,8-9,12-13H,4,7,10-11,21H2,1H3;1H. The molecule has 0 aliphatic carbocycles. The largest absolute Gasteiger partial charge is 0.398 e. The lowest BCUT2D eigenvalue weighted by atomic mass is 9.95. The number of nitrogens with zero attached hydrogens (tertiary/aromatic N) is 1. The van der Waals surface area contributed by atoms with E-state index in [-0.39, 0.29) is 30.0 Å². The molecule has 24 heavy (non-hydrogen) atoms. The zero-order chi connectivity index (χ0) is 16.4.